The van der Waals surface area contributed by atoms with E-state index >= 15 is 0 Å². The normalized spacial score (nSPS) is 15.0. The van der Waals surface area contributed by atoms with E-state index in [1.54, 1.807) is 11.1 Å². The van der Waals surface area contributed by atoms with E-state index in [0.29, 0.717) is 36.1 Å². The molecule has 0 unspecified atom stereocenters. The number of carbonyl (C=O) groups is 3. The first-order valence-electron chi connectivity index (χ1n) is 19.1. The van der Waals surface area contributed by atoms with Crippen LogP contribution in [0.4, 0.5) is 22.0 Å². The number of nitrogen functional groups attached to an aromatic ring is 1. The summed E-state index contributed by atoms with van der Waals surface area (Å²) in [6.45, 7) is 10.8. The summed E-state index contributed by atoms with van der Waals surface area (Å²) < 4.78 is 11.4. The smallest absolute Gasteiger partial charge is 0.328 e. The number of imide groups is 1. The number of aromatic nitrogens is 3. The topological polar surface area (TPSA) is 193 Å². The molecule has 0 bridgehead atoms. The van der Waals surface area contributed by atoms with Crippen molar-refractivity contribution in [3.05, 3.63) is 113 Å². The average molecular weight is 770 g/mol. The summed E-state index contributed by atoms with van der Waals surface area (Å²) in [7, 11) is 0. The maximum atomic E-state index is 12.7. The van der Waals surface area contributed by atoms with Gasteiger partial charge in [0.25, 0.3) is 11.7 Å². The SMILES string of the molecule is Cc1cc(C(=N)c2cc(-c3ccc(N4CCC(COc5ccc(N6CCC(=O)NC6=O)cc5)CC4)cc3)cnc2N)ccc1CNC(=O)c1noc(C(C)(C)C)n1. The van der Waals surface area contributed by atoms with Crippen LogP contribution in [0.3, 0.4) is 0 Å². The van der Waals surface area contributed by atoms with Gasteiger partial charge in [-0.2, -0.15) is 4.98 Å². The van der Waals surface area contributed by atoms with Crippen LogP contribution >= 0.6 is 0 Å². The van der Waals surface area contributed by atoms with Crippen molar-refractivity contribution >= 4 is 40.7 Å². The van der Waals surface area contributed by atoms with Gasteiger partial charge in [0.05, 0.1) is 12.3 Å². The van der Waals surface area contributed by atoms with E-state index < -0.39 is 11.9 Å². The van der Waals surface area contributed by atoms with Crippen LogP contribution in [0.2, 0.25) is 0 Å². The number of piperidine rings is 1. The molecule has 2 saturated heterocycles. The van der Waals surface area contributed by atoms with Crippen molar-refractivity contribution in [1.29, 1.82) is 5.41 Å². The van der Waals surface area contributed by atoms with E-state index in [4.69, 9.17) is 20.4 Å². The highest BCUT2D eigenvalue weighted by Crippen LogP contribution is 2.30. The molecule has 3 aromatic carbocycles. The zero-order valence-corrected chi connectivity index (χ0v) is 32.6. The Morgan fingerprint density at radius 1 is 0.982 bits per heavy atom. The number of hydrogen-bond acceptors (Lipinski definition) is 11. The molecule has 2 aromatic heterocycles. The number of rotatable bonds is 11. The van der Waals surface area contributed by atoms with Crippen LogP contribution in [0, 0.1) is 18.3 Å². The van der Waals surface area contributed by atoms with Crippen molar-refractivity contribution in [3.63, 3.8) is 0 Å². The second kappa shape index (κ2) is 16.3. The summed E-state index contributed by atoms with van der Waals surface area (Å²) in [6, 6.07) is 23.0. The first-order chi connectivity index (χ1) is 27.3. The van der Waals surface area contributed by atoms with Gasteiger partial charge < -0.3 is 25.2 Å². The number of nitrogens with zero attached hydrogens (tertiary/aromatic N) is 5. The molecule has 4 heterocycles. The second-order valence-electron chi connectivity index (χ2n) is 15.6. The van der Waals surface area contributed by atoms with Crippen LogP contribution in [0.5, 0.6) is 5.75 Å². The number of amides is 4. The minimum Gasteiger partial charge on any atom is -0.493 e. The molecule has 57 heavy (non-hydrogen) atoms. The fraction of sp³-hybridized carbons (Fsp3) is 0.326. The number of anilines is 3. The van der Waals surface area contributed by atoms with Crippen molar-refractivity contribution in [2.24, 2.45) is 5.92 Å². The first-order valence-corrected chi connectivity index (χ1v) is 19.1. The van der Waals surface area contributed by atoms with Gasteiger partial charge in [-0.25, -0.2) is 9.78 Å². The van der Waals surface area contributed by atoms with Gasteiger partial charge in [-0.05, 0) is 90.9 Å². The van der Waals surface area contributed by atoms with Crippen LogP contribution < -0.4 is 30.9 Å². The van der Waals surface area contributed by atoms with Crippen LogP contribution in [-0.4, -0.2) is 64.9 Å². The summed E-state index contributed by atoms with van der Waals surface area (Å²) in [4.78, 5) is 48.9. The Labute approximate surface area is 331 Å². The minimum absolute atomic E-state index is 0.00892. The number of nitrogens with two attached hydrogens (primary N) is 1. The van der Waals surface area contributed by atoms with Crippen molar-refractivity contribution in [2.45, 2.75) is 58.9 Å². The third kappa shape index (κ3) is 8.96. The Morgan fingerprint density at radius 3 is 2.37 bits per heavy atom. The minimum atomic E-state index is -0.422. The number of carbonyl (C=O) groups excluding carboxylic acids is 3. The van der Waals surface area contributed by atoms with Crippen LogP contribution in [0.1, 0.15) is 78.8 Å². The molecule has 7 rings (SSSR count). The number of aryl methyl sites for hydroxylation is 1. The fourth-order valence-corrected chi connectivity index (χ4v) is 6.88. The van der Waals surface area contributed by atoms with Gasteiger partial charge in [-0.3, -0.25) is 25.2 Å². The number of benzene rings is 3. The molecule has 0 spiro atoms. The predicted molar refractivity (Wildman–Crippen MR) is 218 cm³/mol. The lowest BCUT2D eigenvalue weighted by Crippen LogP contribution is -2.49. The summed E-state index contributed by atoms with van der Waals surface area (Å²) in [5.41, 5.74) is 13.0. The summed E-state index contributed by atoms with van der Waals surface area (Å²) >= 11 is 0. The van der Waals surface area contributed by atoms with Crippen molar-refractivity contribution in [2.75, 3.05) is 41.8 Å². The Bertz CT molecular complexity index is 2290. The molecule has 14 nitrogen and oxygen atoms in total. The third-order valence-electron chi connectivity index (χ3n) is 10.4. The van der Waals surface area contributed by atoms with Gasteiger partial charge in [0.2, 0.25) is 11.8 Å². The van der Waals surface area contributed by atoms with E-state index in [1.807, 2.05) is 76.2 Å². The standard InChI is InChI=1S/C43H47N9O5/c1-26-21-29(5-6-30(26)23-47-40(54)39-49-41(57-50-39)43(2,3)4)37(44)35-22-31(24-46-38(35)45)28-7-9-32(10-8-28)51-18-15-27(16-19-51)25-56-34-13-11-33(12-14-34)52-20-17-36(53)48-42(52)55/h5-14,21-22,24,27,44H,15-20,23,25H2,1-4H3,(H2,45,46)(H,47,54)(H,48,53,55). The van der Waals surface area contributed by atoms with E-state index in [0.717, 1.165) is 65.3 Å². The Hall–Kier alpha value is -6.57. The maximum Gasteiger partial charge on any atom is 0.328 e. The largest absolute Gasteiger partial charge is 0.493 e. The van der Waals surface area contributed by atoms with Crippen molar-refractivity contribution < 1.29 is 23.6 Å². The lowest BCUT2D eigenvalue weighted by Gasteiger charge is -2.33. The Kier molecular flexibility index (Phi) is 11.0. The lowest BCUT2D eigenvalue weighted by atomic mass is 9.96. The molecule has 4 amide bonds. The molecule has 294 valence electrons. The van der Waals surface area contributed by atoms with Crippen molar-refractivity contribution in [1.82, 2.24) is 25.8 Å². The molecular formula is C43H47N9O5. The molecule has 5 N–H and O–H groups in total. The summed E-state index contributed by atoms with van der Waals surface area (Å²) in [5, 5.41) is 18.1. The van der Waals surface area contributed by atoms with Gasteiger partial charge >= 0.3 is 6.03 Å². The number of urea groups is 1. The Balaban J connectivity index is 0.912. The summed E-state index contributed by atoms with van der Waals surface area (Å²) in [6.07, 6.45) is 4.03. The molecule has 0 radical (unpaired) electrons. The van der Waals surface area contributed by atoms with E-state index in [2.05, 4.69) is 54.9 Å². The Morgan fingerprint density at radius 2 is 1.70 bits per heavy atom. The molecule has 0 atom stereocenters. The zero-order chi connectivity index (χ0) is 40.3. The number of pyridine rings is 1. The van der Waals surface area contributed by atoms with Gasteiger partial charge in [0.1, 0.15) is 11.6 Å². The molecule has 14 heteroatoms. The fourth-order valence-electron chi connectivity index (χ4n) is 6.88. The zero-order valence-electron chi connectivity index (χ0n) is 32.6. The molecule has 2 aliphatic rings. The van der Waals surface area contributed by atoms with Crippen LogP contribution in [0.15, 0.2) is 83.5 Å². The predicted octanol–water partition coefficient (Wildman–Crippen LogP) is 6.41. The summed E-state index contributed by atoms with van der Waals surface area (Å²) in [5.74, 6) is 1.17. The second-order valence-corrected chi connectivity index (χ2v) is 15.6. The molecule has 5 aromatic rings. The molecule has 2 aliphatic heterocycles. The number of nitrogens with one attached hydrogen (secondary N) is 3. The molecule has 0 aliphatic carbocycles. The highest BCUT2D eigenvalue weighted by molar-refractivity contribution is 6.14. The van der Waals surface area contributed by atoms with Crippen LogP contribution in [0.25, 0.3) is 11.1 Å². The first kappa shape index (κ1) is 38.7. The van der Waals surface area contributed by atoms with Gasteiger partial charge in [0.15, 0.2) is 0 Å². The molecule has 2 fully saturated rings. The molecule has 0 saturated carbocycles. The quantitative estimate of drug-likeness (QED) is 0.109. The van der Waals surface area contributed by atoms with Gasteiger partial charge in [-0.1, -0.05) is 50.2 Å². The number of hydrogen-bond donors (Lipinski definition) is 4. The third-order valence-corrected chi connectivity index (χ3v) is 10.4. The monoisotopic (exact) mass is 769 g/mol. The van der Waals surface area contributed by atoms with E-state index in [9.17, 15) is 14.4 Å². The van der Waals surface area contributed by atoms with Crippen LogP contribution in [-0.2, 0) is 16.8 Å². The van der Waals surface area contributed by atoms with Gasteiger partial charge in [0, 0.05) is 72.3 Å². The van der Waals surface area contributed by atoms with E-state index in [1.165, 1.54) is 0 Å². The molecular weight excluding hydrogens is 723 g/mol. The van der Waals surface area contributed by atoms with Crippen molar-refractivity contribution in [3.8, 4) is 16.9 Å². The van der Waals surface area contributed by atoms with Gasteiger partial charge in [-0.15, -0.1) is 0 Å². The maximum absolute atomic E-state index is 12.7. The van der Waals surface area contributed by atoms with E-state index in [-0.39, 0.29) is 41.6 Å². The average Bonchev–Trinajstić information content (AvgIpc) is 3.72. The highest BCUT2D eigenvalue weighted by atomic mass is 16.5. The highest BCUT2D eigenvalue weighted by Gasteiger charge is 2.26. The lowest BCUT2D eigenvalue weighted by molar-refractivity contribution is -0.120. The number of ether oxygens (including phenoxy) is 1.